The van der Waals surface area contributed by atoms with Gasteiger partial charge in [0.2, 0.25) is 0 Å². The first-order valence-electron chi connectivity index (χ1n) is 5.63. The van der Waals surface area contributed by atoms with Crippen molar-refractivity contribution >= 4 is 23.0 Å². The zero-order chi connectivity index (χ0) is 15.6. The van der Waals surface area contributed by atoms with E-state index in [9.17, 15) is 23.7 Å². The predicted octanol–water partition coefficient (Wildman–Crippen LogP) is 3.31. The van der Waals surface area contributed by atoms with Crippen molar-refractivity contribution in [1.82, 2.24) is 0 Å². The number of nitrogens with one attached hydrogen (secondary N) is 1. The number of aromatic carboxylic acids is 1. The lowest BCUT2D eigenvalue weighted by Gasteiger charge is -2.10. The van der Waals surface area contributed by atoms with Gasteiger partial charge >= 0.3 is 5.97 Å². The van der Waals surface area contributed by atoms with Gasteiger partial charge in [-0.2, -0.15) is 0 Å². The number of rotatable bonds is 4. The second-order valence-corrected chi connectivity index (χ2v) is 4.02. The molecule has 0 amide bonds. The van der Waals surface area contributed by atoms with Crippen LogP contribution in [0.4, 0.5) is 25.8 Å². The Morgan fingerprint density at radius 1 is 1.19 bits per heavy atom. The molecule has 0 aliphatic carbocycles. The summed E-state index contributed by atoms with van der Waals surface area (Å²) < 4.78 is 26.6. The summed E-state index contributed by atoms with van der Waals surface area (Å²) in [6, 6.07) is 6.38. The van der Waals surface area contributed by atoms with E-state index in [-0.39, 0.29) is 11.4 Å². The van der Waals surface area contributed by atoms with Gasteiger partial charge in [0.15, 0.2) is 11.6 Å². The van der Waals surface area contributed by atoms with Crippen LogP contribution in [0, 0.1) is 21.7 Å². The number of carboxylic acid groups (broad SMARTS) is 1. The molecular formula is C13H8F2N2O4. The summed E-state index contributed by atoms with van der Waals surface area (Å²) >= 11 is 0. The van der Waals surface area contributed by atoms with Crippen LogP contribution in [-0.4, -0.2) is 16.0 Å². The maximum Gasteiger partial charge on any atom is 0.338 e. The van der Waals surface area contributed by atoms with Crippen molar-refractivity contribution in [1.29, 1.82) is 0 Å². The molecule has 0 aliphatic heterocycles. The summed E-state index contributed by atoms with van der Waals surface area (Å²) in [4.78, 5) is 21.0. The van der Waals surface area contributed by atoms with E-state index in [0.717, 1.165) is 24.3 Å². The molecule has 0 atom stereocenters. The first-order chi connectivity index (χ1) is 9.90. The third-order valence-corrected chi connectivity index (χ3v) is 2.67. The van der Waals surface area contributed by atoms with E-state index in [0.29, 0.717) is 0 Å². The van der Waals surface area contributed by atoms with E-state index in [1.807, 2.05) is 0 Å². The van der Waals surface area contributed by atoms with Crippen molar-refractivity contribution in [3.8, 4) is 0 Å². The predicted molar refractivity (Wildman–Crippen MR) is 69.7 cm³/mol. The van der Waals surface area contributed by atoms with Gasteiger partial charge in [-0.25, -0.2) is 13.6 Å². The number of hydrogen-bond donors (Lipinski definition) is 2. The fourth-order valence-electron chi connectivity index (χ4n) is 1.68. The lowest BCUT2D eigenvalue weighted by molar-refractivity contribution is -0.384. The summed E-state index contributed by atoms with van der Waals surface area (Å²) in [6.07, 6.45) is 0. The highest BCUT2D eigenvalue weighted by Crippen LogP contribution is 2.27. The van der Waals surface area contributed by atoms with Gasteiger partial charge in [0.1, 0.15) is 0 Å². The molecule has 0 aliphatic rings. The molecule has 0 fully saturated rings. The van der Waals surface area contributed by atoms with Gasteiger partial charge in [0, 0.05) is 12.1 Å². The van der Waals surface area contributed by atoms with E-state index in [1.54, 1.807) is 0 Å². The van der Waals surface area contributed by atoms with E-state index in [1.165, 1.54) is 12.1 Å². The molecule has 0 heterocycles. The molecule has 0 radical (unpaired) electrons. The highest BCUT2D eigenvalue weighted by Gasteiger charge is 2.17. The largest absolute Gasteiger partial charge is 0.478 e. The van der Waals surface area contributed by atoms with Crippen molar-refractivity contribution in [3.05, 3.63) is 63.7 Å². The standard InChI is InChI=1S/C13H8F2N2O4/c14-9-2-1-3-11(12(9)15)16-10-5-4-7(17(20)21)6-8(10)13(18)19/h1-6,16H,(H,18,19). The van der Waals surface area contributed by atoms with Crippen LogP contribution in [0.25, 0.3) is 0 Å². The molecule has 2 aromatic rings. The summed E-state index contributed by atoms with van der Waals surface area (Å²) in [6.45, 7) is 0. The minimum absolute atomic E-state index is 0.0856. The first-order valence-corrected chi connectivity index (χ1v) is 5.63. The van der Waals surface area contributed by atoms with Crippen LogP contribution in [0.5, 0.6) is 0 Å². The van der Waals surface area contributed by atoms with Crippen molar-refractivity contribution in [3.63, 3.8) is 0 Å². The molecule has 6 nitrogen and oxygen atoms in total. The number of non-ortho nitro benzene ring substituents is 1. The lowest BCUT2D eigenvalue weighted by atomic mass is 10.1. The Hall–Kier alpha value is -3.03. The van der Waals surface area contributed by atoms with Gasteiger partial charge in [0.05, 0.1) is 21.9 Å². The minimum atomic E-state index is -1.43. The fourth-order valence-corrected chi connectivity index (χ4v) is 1.68. The van der Waals surface area contributed by atoms with Crippen molar-refractivity contribution in [2.45, 2.75) is 0 Å². The third kappa shape index (κ3) is 2.94. The van der Waals surface area contributed by atoms with Gasteiger partial charge in [-0.3, -0.25) is 10.1 Å². The zero-order valence-electron chi connectivity index (χ0n) is 10.3. The number of anilines is 2. The van der Waals surface area contributed by atoms with Crippen LogP contribution < -0.4 is 5.32 Å². The molecule has 0 unspecified atom stereocenters. The Bertz CT molecular complexity index is 734. The van der Waals surface area contributed by atoms with E-state index < -0.39 is 33.8 Å². The van der Waals surface area contributed by atoms with Crippen molar-refractivity contribution in [2.75, 3.05) is 5.32 Å². The average Bonchev–Trinajstić information content (AvgIpc) is 2.43. The van der Waals surface area contributed by atoms with Crippen LogP contribution in [0.15, 0.2) is 36.4 Å². The maximum atomic E-state index is 13.5. The van der Waals surface area contributed by atoms with Gasteiger partial charge in [0.25, 0.3) is 5.69 Å². The quantitative estimate of drug-likeness (QED) is 0.666. The monoisotopic (exact) mass is 294 g/mol. The SMILES string of the molecule is O=C(O)c1cc([N+](=O)[O-])ccc1Nc1cccc(F)c1F. The molecule has 0 bridgehead atoms. The minimum Gasteiger partial charge on any atom is -0.478 e. The normalized spacial score (nSPS) is 10.2. The van der Waals surface area contributed by atoms with Gasteiger partial charge in [-0.05, 0) is 18.2 Å². The second kappa shape index (κ2) is 5.53. The van der Waals surface area contributed by atoms with E-state index in [4.69, 9.17) is 5.11 Å². The summed E-state index contributed by atoms with van der Waals surface area (Å²) in [5.41, 5.74) is -1.20. The molecule has 8 heteroatoms. The van der Waals surface area contributed by atoms with Crippen LogP contribution >= 0.6 is 0 Å². The van der Waals surface area contributed by atoms with Gasteiger partial charge in [-0.15, -0.1) is 0 Å². The molecule has 2 aromatic carbocycles. The number of benzene rings is 2. The highest BCUT2D eigenvalue weighted by atomic mass is 19.2. The number of nitrogens with zero attached hydrogens (tertiary/aromatic N) is 1. The zero-order valence-corrected chi connectivity index (χ0v) is 10.3. The van der Waals surface area contributed by atoms with E-state index in [2.05, 4.69) is 5.32 Å². The summed E-state index contributed by atoms with van der Waals surface area (Å²) in [5, 5.41) is 22.1. The number of halogens is 2. The molecule has 0 spiro atoms. The Morgan fingerprint density at radius 3 is 2.52 bits per heavy atom. The number of nitro benzene ring substituents is 1. The van der Waals surface area contributed by atoms with Gasteiger partial charge in [-0.1, -0.05) is 6.07 Å². The average molecular weight is 294 g/mol. The van der Waals surface area contributed by atoms with Crippen molar-refractivity contribution in [2.24, 2.45) is 0 Å². The Labute approximate surface area is 116 Å². The van der Waals surface area contributed by atoms with Gasteiger partial charge < -0.3 is 10.4 Å². The topological polar surface area (TPSA) is 92.5 Å². The fraction of sp³-hybridized carbons (Fsp3) is 0. The maximum absolute atomic E-state index is 13.5. The number of carboxylic acids is 1. The number of carbonyl (C=O) groups is 1. The van der Waals surface area contributed by atoms with Crippen LogP contribution in [-0.2, 0) is 0 Å². The van der Waals surface area contributed by atoms with Crippen LogP contribution in [0.2, 0.25) is 0 Å². The summed E-state index contributed by atoms with van der Waals surface area (Å²) in [5.74, 6) is -3.70. The molecule has 2 N–H and O–H groups in total. The summed E-state index contributed by atoms with van der Waals surface area (Å²) in [7, 11) is 0. The smallest absolute Gasteiger partial charge is 0.338 e. The van der Waals surface area contributed by atoms with E-state index >= 15 is 0 Å². The molecule has 2 rings (SSSR count). The Balaban J connectivity index is 2.46. The van der Waals surface area contributed by atoms with Crippen molar-refractivity contribution < 1.29 is 23.6 Å². The van der Waals surface area contributed by atoms with Crippen LogP contribution in [0.3, 0.4) is 0 Å². The molecule has 108 valence electrons. The number of nitro groups is 1. The molecule has 0 saturated heterocycles. The molecule has 21 heavy (non-hydrogen) atoms. The van der Waals surface area contributed by atoms with Crippen LogP contribution in [0.1, 0.15) is 10.4 Å². The molecule has 0 saturated carbocycles. The number of hydrogen-bond acceptors (Lipinski definition) is 4. The second-order valence-electron chi connectivity index (χ2n) is 4.02. The highest BCUT2D eigenvalue weighted by molar-refractivity contribution is 5.96. The lowest BCUT2D eigenvalue weighted by Crippen LogP contribution is -2.05. The third-order valence-electron chi connectivity index (χ3n) is 2.67. The first kappa shape index (κ1) is 14.4. The Morgan fingerprint density at radius 2 is 1.90 bits per heavy atom. The molecule has 0 aromatic heterocycles. The molecular weight excluding hydrogens is 286 g/mol. The Kier molecular flexibility index (Phi) is 3.79.